The van der Waals surface area contributed by atoms with Crippen molar-refractivity contribution in [3.63, 3.8) is 0 Å². The number of pyridine rings is 2. The summed E-state index contributed by atoms with van der Waals surface area (Å²) in [4.78, 5) is 19.6. The molecule has 0 N–H and O–H groups in total. The van der Waals surface area contributed by atoms with Crippen molar-refractivity contribution in [1.82, 2.24) is 14.5 Å². The molecule has 0 aromatic carbocycles. The zero-order valence-electron chi connectivity index (χ0n) is 11.6. The minimum Gasteiger partial charge on any atom is -0.496 e. The predicted octanol–water partition coefficient (Wildman–Crippen LogP) is 2.62. The van der Waals surface area contributed by atoms with Gasteiger partial charge in [0.1, 0.15) is 17.7 Å². The maximum Gasteiger partial charge on any atom is 0.144 e. The zero-order chi connectivity index (χ0) is 14.7. The van der Waals surface area contributed by atoms with E-state index in [4.69, 9.17) is 4.74 Å². The smallest absolute Gasteiger partial charge is 0.144 e. The van der Waals surface area contributed by atoms with E-state index < -0.39 is 0 Å². The highest BCUT2D eigenvalue weighted by Gasteiger charge is 2.17. The van der Waals surface area contributed by atoms with Crippen LogP contribution in [0, 0.1) is 0 Å². The third kappa shape index (κ3) is 2.38. The van der Waals surface area contributed by atoms with Crippen LogP contribution in [-0.2, 0) is 4.79 Å². The Morgan fingerprint density at radius 3 is 2.95 bits per heavy atom. The summed E-state index contributed by atoms with van der Waals surface area (Å²) in [6, 6.07) is 7.49. The van der Waals surface area contributed by atoms with Crippen molar-refractivity contribution in [1.29, 1.82) is 0 Å². The minimum atomic E-state index is -0.117. The normalized spacial score (nSPS) is 12.2. The van der Waals surface area contributed by atoms with Crippen molar-refractivity contribution in [2.45, 2.75) is 12.5 Å². The number of nitrogens with zero attached hydrogens (tertiary/aromatic N) is 3. The summed E-state index contributed by atoms with van der Waals surface area (Å²) in [7, 11) is 1.64. The standard InChI is InChI=1S/C16H15N3O2/c1-21-15-4-8-18-16-13(15)5-9-19(16)14(6-10-20)12-3-2-7-17-11-12/h2-5,7-11,14H,6H2,1H3. The van der Waals surface area contributed by atoms with E-state index in [9.17, 15) is 4.79 Å². The number of rotatable bonds is 5. The van der Waals surface area contributed by atoms with Gasteiger partial charge in [-0.15, -0.1) is 0 Å². The molecule has 5 nitrogen and oxygen atoms in total. The highest BCUT2D eigenvalue weighted by atomic mass is 16.5. The lowest BCUT2D eigenvalue weighted by Crippen LogP contribution is -2.11. The maximum atomic E-state index is 11.1. The molecule has 3 rings (SSSR count). The molecule has 0 radical (unpaired) electrons. The number of hydrogen-bond donors (Lipinski definition) is 0. The third-order valence-corrected chi connectivity index (χ3v) is 3.52. The van der Waals surface area contributed by atoms with E-state index >= 15 is 0 Å². The average molecular weight is 281 g/mol. The van der Waals surface area contributed by atoms with E-state index in [0.717, 1.165) is 28.6 Å². The summed E-state index contributed by atoms with van der Waals surface area (Å²) in [5, 5.41) is 0.930. The molecular formula is C16H15N3O2. The Morgan fingerprint density at radius 2 is 2.24 bits per heavy atom. The van der Waals surface area contributed by atoms with Gasteiger partial charge in [-0.2, -0.15) is 0 Å². The van der Waals surface area contributed by atoms with Crippen molar-refractivity contribution >= 4 is 17.3 Å². The number of carbonyl (C=O) groups excluding carboxylic acids is 1. The Kier molecular flexibility index (Phi) is 3.64. The van der Waals surface area contributed by atoms with E-state index in [1.807, 2.05) is 35.0 Å². The van der Waals surface area contributed by atoms with E-state index in [2.05, 4.69) is 9.97 Å². The van der Waals surface area contributed by atoms with E-state index in [-0.39, 0.29) is 6.04 Å². The fourth-order valence-corrected chi connectivity index (χ4v) is 2.54. The van der Waals surface area contributed by atoms with E-state index in [1.165, 1.54) is 0 Å². The van der Waals surface area contributed by atoms with E-state index in [1.54, 1.807) is 25.7 Å². The first-order valence-corrected chi connectivity index (χ1v) is 6.68. The largest absolute Gasteiger partial charge is 0.496 e. The summed E-state index contributed by atoms with van der Waals surface area (Å²) in [5.74, 6) is 0.773. The summed E-state index contributed by atoms with van der Waals surface area (Å²) in [6.07, 6.45) is 8.43. The lowest BCUT2D eigenvalue weighted by molar-refractivity contribution is -0.108. The number of methoxy groups -OCH3 is 1. The van der Waals surface area contributed by atoms with Gasteiger partial charge in [-0.05, 0) is 23.8 Å². The number of aldehydes is 1. The first-order chi connectivity index (χ1) is 10.3. The molecule has 0 aliphatic heterocycles. The summed E-state index contributed by atoms with van der Waals surface area (Å²) in [5.41, 5.74) is 1.77. The molecule has 106 valence electrons. The van der Waals surface area contributed by atoms with Crippen LogP contribution in [-0.4, -0.2) is 27.9 Å². The monoisotopic (exact) mass is 281 g/mol. The number of ether oxygens (including phenoxy) is 1. The Labute approximate surface area is 122 Å². The molecule has 5 heteroatoms. The first-order valence-electron chi connectivity index (χ1n) is 6.68. The summed E-state index contributed by atoms with van der Waals surface area (Å²) >= 11 is 0. The molecule has 3 aromatic rings. The first kappa shape index (κ1) is 13.3. The zero-order valence-corrected chi connectivity index (χ0v) is 11.6. The summed E-state index contributed by atoms with van der Waals surface area (Å²) in [6.45, 7) is 0. The van der Waals surface area contributed by atoms with Crippen LogP contribution in [0.3, 0.4) is 0 Å². The molecule has 21 heavy (non-hydrogen) atoms. The molecule has 1 unspecified atom stereocenters. The molecule has 0 fully saturated rings. The molecular weight excluding hydrogens is 266 g/mol. The molecule has 0 amide bonds. The van der Waals surface area contributed by atoms with Crippen LogP contribution < -0.4 is 4.74 Å². The maximum absolute atomic E-state index is 11.1. The topological polar surface area (TPSA) is 57.0 Å². The van der Waals surface area contributed by atoms with Gasteiger partial charge in [0.15, 0.2) is 0 Å². The highest BCUT2D eigenvalue weighted by Crippen LogP contribution is 2.30. The van der Waals surface area contributed by atoms with Crippen molar-refractivity contribution < 1.29 is 9.53 Å². The second-order valence-corrected chi connectivity index (χ2v) is 4.68. The molecule has 0 spiro atoms. The Hall–Kier alpha value is -2.69. The van der Waals surface area contributed by atoms with E-state index in [0.29, 0.717) is 6.42 Å². The lowest BCUT2D eigenvalue weighted by atomic mass is 10.1. The number of aromatic nitrogens is 3. The third-order valence-electron chi connectivity index (χ3n) is 3.52. The van der Waals surface area contributed by atoms with Crippen LogP contribution in [0.15, 0.2) is 49.1 Å². The quantitative estimate of drug-likeness (QED) is 0.675. The van der Waals surface area contributed by atoms with Crippen LogP contribution in [0.4, 0.5) is 0 Å². The van der Waals surface area contributed by atoms with Crippen LogP contribution >= 0.6 is 0 Å². The van der Waals surface area contributed by atoms with Gasteiger partial charge in [-0.25, -0.2) is 4.98 Å². The minimum absolute atomic E-state index is 0.117. The van der Waals surface area contributed by atoms with Gasteiger partial charge >= 0.3 is 0 Å². The summed E-state index contributed by atoms with van der Waals surface area (Å²) < 4.78 is 7.34. The van der Waals surface area contributed by atoms with Crippen molar-refractivity contribution in [3.05, 3.63) is 54.6 Å². The predicted molar refractivity (Wildman–Crippen MR) is 79.3 cm³/mol. The van der Waals surface area contributed by atoms with Crippen LogP contribution in [0.25, 0.3) is 11.0 Å². The van der Waals surface area contributed by atoms with Crippen molar-refractivity contribution in [2.24, 2.45) is 0 Å². The molecule has 0 saturated heterocycles. The highest BCUT2D eigenvalue weighted by molar-refractivity contribution is 5.83. The SMILES string of the molecule is COc1ccnc2c1ccn2C(CC=O)c1cccnc1. The molecule has 0 bridgehead atoms. The number of fused-ring (bicyclic) bond motifs is 1. The number of carbonyl (C=O) groups is 1. The van der Waals surface area contributed by atoms with Gasteiger partial charge in [0, 0.05) is 31.2 Å². The molecule has 3 heterocycles. The molecule has 0 aliphatic rings. The van der Waals surface area contributed by atoms with Crippen molar-refractivity contribution in [3.8, 4) is 5.75 Å². The number of hydrogen-bond acceptors (Lipinski definition) is 4. The molecule has 1 atom stereocenters. The molecule has 3 aromatic heterocycles. The van der Waals surface area contributed by atoms with Gasteiger partial charge in [-0.3, -0.25) is 4.98 Å². The fourth-order valence-electron chi connectivity index (χ4n) is 2.54. The van der Waals surface area contributed by atoms with Gasteiger partial charge in [0.05, 0.1) is 18.5 Å². The fraction of sp³-hybridized carbons (Fsp3) is 0.188. The van der Waals surface area contributed by atoms with Crippen LogP contribution in [0.5, 0.6) is 5.75 Å². The van der Waals surface area contributed by atoms with Gasteiger partial charge in [0.2, 0.25) is 0 Å². The molecule has 0 saturated carbocycles. The second-order valence-electron chi connectivity index (χ2n) is 4.68. The van der Waals surface area contributed by atoms with Crippen LogP contribution in [0.2, 0.25) is 0 Å². The van der Waals surface area contributed by atoms with Crippen molar-refractivity contribution in [2.75, 3.05) is 7.11 Å². The Morgan fingerprint density at radius 1 is 1.33 bits per heavy atom. The Balaban J connectivity index is 2.14. The Bertz CT molecular complexity index is 753. The average Bonchev–Trinajstić information content (AvgIpc) is 2.97. The van der Waals surface area contributed by atoms with Gasteiger partial charge in [-0.1, -0.05) is 6.07 Å². The van der Waals surface area contributed by atoms with Crippen LogP contribution in [0.1, 0.15) is 18.0 Å². The molecule has 0 aliphatic carbocycles. The van der Waals surface area contributed by atoms with Gasteiger partial charge < -0.3 is 14.1 Å². The van der Waals surface area contributed by atoms with Gasteiger partial charge in [0.25, 0.3) is 0 Å². The second kappa shape index (κ2) is 5.75. The lowest BCUT2D eigenvalue weighted by Gasteiger charge is -2.17.